The first-order valence-corrected chi connectivity index (χ1v) is 8.23. The van der Waals surface area contributed by atoms with E-state index in [0.717, 1.165) is 21.5 Å². The Morgan fingerprint density at radius 1 is 1.27 bits per heavy atom. The zero-order valence-corrected chi connectivity index (χ0v) is 14.1. The summed E-state index contributed by atoms with van der Waals surface area (Å²) in [6, 6.07) is 13.8. The smallest absolute Gasteiger partial charge is 0.134 e. The third-order valence-electron chi connectivity index (χ3n) is 3.04. The Labute approximate surface area is 140 Å². The van der Waals surface area contributed by atoms with E-state index in [1.165, 1.54) is 11.3 Å². The number of hydrogen-bond donors (Lipinski definition) is 0. The summed E-state index contributed by atoms with van der Waals surface area (Å²) in [5.74, 6) is 1.48. The van der Waals surface area contributed by atoms with Crippen LogP contribution in [0, 0.1) is 18.3 Å². The summed E-state index contributed by atoms with van der Waals surface area (Å²) in [5, 5.41) is 12.0. The van der Waals surface area contributed by atoms with Crippen molar-refractivity contribution in [3.05, 3.63) is 62.8 Å². The lowest BCUT2D eigenvalue weighted by atomic mass is 10.2. The summed E-state index contributed by atoms with van der Waals surface area (Å²) in [6.45, 7) is 1.87. The number of benzene rings is 1. The minimum atomic E-state index is 0.503. The lowest BCUT2D eigenvalue weighted by molar-refractivity contribution is 0.525. The molecule has 22 heavy (non-hydrogen) atoms. The second-order valence-electron chi connectivity index (χ2n) is 4.66. The molecule has 0 radical (unpaired) electrons. The van der Waals surface area contributed by atoms with Gasteiger partial charge in [-0.2, -0.15) is 5.26 Å². The van der Waals surface area contributed by atoms with Gasteiger partial charge in [-0.05, 0) is 31.2 Å². The number of furan rings is 1. The number of aromatic nitrogens is 1. The second kappa shape index (κ2) is 6.30. The Bertz CT molecular complexity index is 869. The first kappa shape index (κ1) is 14.8. The van der Waals surface area contributed by atoms with Crippen molar-refractivity contribution >= 4 is 38.9 Å². The summed E-state index contributed by atoms with van der Waals surface area (Å²) < 4.78 is 6.51. The quantitative estimate of drug-likeness (QED) is 0.568. The average Bonchev–Trinajstić information content (AvgIpc) is 3.15. The predicted molar refractivity (Wildman–Crippen MR) is 92.2 cm³/mol. The minimum Gasteiger partial charge on any atom is -0.462 e. The fraction of sp³-hybridized carbons (Fsp3) is 0.0588. The van der Waals surface area contributed by atoms with Crippen LogP contribution in [0.2, 0.25) is 0 Å². The number of thiazole rings is 1. The molecule has 0 bridgehead atoms. The van der Waals surface area contributed by atoms with E-state index in [9.17, 15) is 5.26 Å². The molecule has 0 saturated heterocycles. The van der Waals surface area contributed by atoms with Gasteiger partial charge < -0.3 is 4.42 Å². The van der Waals surface area contributed by atoms with Gasteiger partial charge in [-0.1, -0.05) is 28.1 Å². The highest BCUT2D eigenvalue weighted by Crippen LogP contribution is 2.28. The third-order valence-corrected chi connectivity index (χ3v) is 4.45. The Morgan fingerprint density at radius 3 is 2.68 bits per heavy atom. The summed E-state index contributed by atoms with van der Waals surface area (Å²) in [7, 11) is 0. The van der Waals surface area contributed by atoms with Crippen molar-refractivity contribution < 1.29 is 4.42 Å². The van der Waals surface area contributed by atoms with E-state index in [1.54, 1.807) is 6.08 Å². The molecular weight excluding hydrogens is 360 g/mol. The minimum absolute atomic E-state index is 0.503. The average molecular weight is 371 g/mol. The second-order valence-corrected chi connectivity index (χ2v) is 6.44. The highest BCUT2D eigenvalue weighted by atomic mass is 79.9. The van der Waals surface area contributed by atoms with Gasteiger partial charge in [0.2, 0.25) is 0 Å². The van der Waals surface area contributed by atoms with Crippen LogP contribution < -0.4 is 0 Å². The van der Waals surface area contributed by atoms with Crippen LogP contribution in [0.1, 0.15) is 16.5 Å². The van der Waals surface area contributed by atoms with Crippen molar-refractivity contribution in [3.63, 3.8) is 0 Å². The molecule has 0 spiro atoms. The Kier molecular flexibility index (Phi) is 4.23. The topological polar surface area (TPSA) is 49.8 Å². The zero-order valence-electron chi connectivity index (χ0n) is 11.7. The SMILES string of the molecule is Cc1ccc(/C=C(\C#N)c2nc(-c3ccc(Br)cc3)cs2)o1. The highest BCUT2D eigenvalue weighted by molar-refractivity contribution is 9.10. The molecule has 2 aromatic heterocycles. The summed E-state index contributed by atoms with van der Waals surface area (Å²) in [4.78, 5) is 4.56. The van der Waals surface area contributed by atoms with Crippen molar-refractivity contribution in [3.8, 4) is 17.3 Å². The standard InChI is InChI=1S/C17H11BrN2OS/c1-11-2-7-15(21-11)8-13(9-19)17-20-16(10-22-17)12-3-5-14(18)6-4-12/h2-8,10H,1H3/b13-8+. The number of nitrogens with zero attached hydrogens (tertiary/aromatic N) is 2. The summed E-state index contributed by atoms with van der Waals surface area (Å²) >= 11 is 4.87. The van der Waals surface area contributed by atoms with Gasteiger partial charge in [-0.15, -0.1) is 11.3 Å². The maximum absolute atomic E-state index is 9.36. The van der Waals surface area contributed by atoms with E-state index in [4.69, 9.17) is 4.42 Å². The van der Waals surface area contributed by atoms with Crippen LogP contribution in [0.4, 0.5) is 0 Å². The van der Waals surface area contributed by atoms with Crippen molar-refractivity contribution in [2.45, 2.75) is 6.92 Å². The molecule has 0 atom stereocenters. The highest BCUT2D eigenvalue weighted by Gasteiger charge is 2.10. The van der Waals surface area contributed by atoms with Gasteiger partial charge in [0.15, 0.2) is 0 Å². The lowest BCUT2D eigenvalue weighted by Crippen LogP contribution is -1.82. The van der Waals surface area contributed by atoms with Gasteiger partial charge in [0.25, 0.3) is 0 Å². The number of aryl methyl sites for hydroxylation is 1. The van der Waals surface area contributed by atoms with E-state index >= 15 is 0 Å². The monoisotopic (exact) mass is 370 g/mol. The van der Waals surface area contributed by atoms with Gasteiger partial charge >= 0.3 is 0 Å². The third kappa shape index (κ3) is 3.19. The maximum atomic E-state index is 9.36. The van der Waals surface area contributed by atoms with Crippen LogP contribution in [0.15, 0.2) is 50.7 Å². The molecule has 3 aromatic rings. The first-order chi connectivity index (χ1) is 10.7. The maximum Gasteiger partial charge on any atom is 0.134 e. The molecule has 2 heterocycles. The van der Waals surface area contributed by atoms with Crippen LogP contribution >= 0.6 is 27.3 Å². The first-order valence-electron chi connectivity index (χ1n) is 6.56. The molecular formula is C17H11BrN2OS. The molecule has 108 valence electrons. The molecule has 3 nitrogen and oxygen atoms in total. The van der Waals surface area contributed by atoms with Gasteiger partial charge in [0.1, 0.15) is 22.6 Å². The Balaban J connectivity index is 1.93. The number of halogens is 1. The van der Waals surface area contributed by atoms with Gasteiger partial charge in [-0.3, -0.25) is 0 Å². The van der Waals surface area contributed by atoms with Crippen LogP contribution in [0.5, 0.6) is 0 Å². The van der Waals surface area contributed by atoms with E-state index in [-0.39, 0.29) is 0 Å². The molecule has 0 unspecified atom stereocenters. The van der Waals surface area contributed by atoms with Gasteiger partial charge in [-0.25, -0.2) is 4.98 Å². The van der Waals surface area contributed by atoms with Crippen molar-refractivity contribution in [1.29, 1.82) is 5.26 Å². The largest absolute Gasteiger partial charge is 0.462 e. The summed E-state index contributed by atoms with van der Waals surface area (Å²) in [5.41, 5.74) is 2.39. The molecule has 5 heteroatoms. The normalized spacial score (nSPS) is 11.4. The van der Waals surface area contributed by atoms with Crippen LogP contribution in [-0.2, 0) is 0 Å². The fourth-order valence-electron chi connectivity index (χ4n) is 1.97. The number of allylic oxidation sites excluding steroid dienone is 1. The van der Waals surface area contributed by atoms with E-state index in [1.807, 2.05) is 48.7 Å². The molecule has 1 aromatic carbocycles. The molecule has 0 fully saturated rings. The van der Waals surface area contributed by atoms with E-state index in [2.05, 4.69) is 27.0 Å². The molecule has 0 aliphatic carbocycles. The number of nitriles is 1. The van der Waals surface area contributed by atoms with Gasteiger partial charge in [0.05, 0.1) is 11.3 Å². The molecule has 0 aliphatic rings. The summed E-state index contributed by atoms with van der Waals surface area (Å²) in [6.07, 6.45) is 1.72. The number of hydrogen-bond acceptors (Lipinski definition) is 4. The molecule has 0 N–H and O–H groups in total. The van der Waals surface area contributed by atoms with Crippen LogP contribution in [0.25, 0.3) is 22.9 Å². The zero-order chi connectivity index (χ0) is 15.5. The van der Waals surface area contributed by atoms with Crippen molar-refractivity contribution in [1.82, 2.24) is 4.98 Å². The van der Waals surface area contributed by atoms with Gasteiger partial charge in [0, 0.05) is 21.5 Å². The van der Waals surface area contributed by atoms with E-state index in [0.29, 0.717) is 16.3 Å². The van der Waals surface area contributed by atoms with Crippen LogP contribution in [0.3, 0.4) is 0 Å². The lowest BCUT2D eigenvalue weighted by Gasteiger charge is -1.96. The molecule has 3 rings (SSSR count). The number of rotatable bonds is 3. The Hall–Kier alpha value is -2.16. The van der Waals surface area contributed by atoms with Crippen molar-refractivity contribution in [2.75, 3.05) is 0 Å². The predicted octanol–water partition coefficient (Wildman–Crippen LogP) is 5.54. The molecule has 0 aliphatic heterocycles. The van der Waals surface area contributed by atoms with Crippen LogP contribution in [-0.4, -0.2) is 4.98 Å². The Morgan fingerprint density at radius 2 is 2.05 bits per heavy atom. The van der Waals surface area contributed by atoms with E-state index < -0.39 is 0 Å². The van der Waals surface area contributed by atoms with Crippen molar-refractivity contribution in [2.24, 2.45) is 0 Å². The fourth-order valence-corrected chi connectivity index (χ4v) is 3.02. The molecule has 0 saturated carbocycles. The molecule has 0 amide bonds.